The Morgan fingerprint density at radius 2 is 2.03 bits per heavy atom. The largest absolute Gasteiger partial charge is 0.497 e. The van der Waals surface area contributed by atoms with Crippen LogP contribution in [-0.4, -0.2) is 43.1 Å². The third-order valence-corrected chi connectivity index (χ3v) is 5.31. The summed E-state index contributed by atoms with van der Waals surface area (Å²) in [6.07, 6.45) is 3.38. The molecule has 6 nitrogen and oxygen atoms in total. The zero-order chi connectivity index (χ0) is 20.5. The number of thiazole rings is 1. The van der Waals surface area contributed by atoms with Crippen LogP contribution in [0.4, 0.5) is 0 Å². The lowest BCUT2D eigenvalue weighted by molar-refractivity contribution is 0.414. The summed E-state index contributed by atoms with van der Waals surface area (Å²) in [7, 11) is 3.72. The number of aliphatic imine (C=N–C) groups is 1. The zero-order valence-electron chi connectivity index (χ0n) is 17.6. The van der Waals surface area contributed by atoms with Crippen LogP contribution in [0.5, 0.6) is 5.75 Å². The summed E-state index contributed by atoms with van der Waals surface area (Å²) < 4.78 is 10.6. The minimum Gasteiger partial charge on any atom is -0.497 e. The van der Waals surface area contributed by atoms with Crippen molar-refractivity contribution >= 4 is 41.3 Å². The number of benzene rings is 1. The molecule has 162 valence electrons. The molecule has 0 unspecified atom stereocenters. The van der Waals surface area contributed by atoms with E-state index in [0.29, 0.717) is 6.54 Å². The Morgan fingerprint density at radius 3 is 2.67 bits per heavy atom. The minimum absolute atomic E-state index is 0. The maximum absolute atomic E-state index is 5.41. The normalized spacial score (nSPS) is 11.1. The fraction of sp³-hybridized carbons (Fsp3) is 0.364. The molecule has 0 fully saturated rings. The van der Waals surface area contributed by atoms with Crippen LogP contribution in [0.3, 0.4) is 0 Å². The van der Waals surface area contributed by atoms with Gasteiger partial charge >= 0.3 is 0 Å². The molecule has 3 aromatic rings. The van der Waals surface area contributed by atoms with Crippen molar-refractivity contribution < 1.29 is 9.15 Å². The molecule has 0 aliphatic rings. The molecule has 0 saturated heterocycles. The fourth-order valence-electron chi connectivity index (χ4n) is 2.95. The quantitative estimate of drug-likeness (QED) is 0.246. The number of methoxy groups -OCH3 is 1. The number of hydrogen-bond acceptors (Lipinski definition) is 5. The summed E-state index contributed by atoms with van der Waals surface area (Å²) >= 11 is 1.67. The second-order valence-electron chi connectivity index (χ2n) is 6.77. The van der Waals surface area contributed by atoms with E-state index in [0.717, 1.165) is 54.1 Å². The van der Waals surface area contributed by atoms with Gasteiger partial charge in [0.1, 0.15) is 11.5 Å². The van der Waals surface area contributed by atoms with Gasteiger partial charge < -0.3 is 19.4 Å². The van der Waals surface area contributed by atoms with Crippen molar-refractivity contribution in [2.24, 2.45) is 4.99 Å². The van der Waals surface area contributed by atoms with Gasteiger partial charge in [-0.25, -0.2) is 4.98 Å². The molecule has 3 rings (SSSR count). The lowest BCUT2D eigenvalue weighted by Crippen LogP contribution is -2.39. The number of ether oxygens (including phenoxy) is 1. The van der Waals surface area contributed by atoms with Gasteiger partial charge in [0.25, 0.3) is 0 Å². The number of aryl methyl sites for hydroxylation is 1. The predicted octanol–water partition coefficient (Wildman–Crippen LogP) is 4.53. The van der Waals surface area contributed by atoms with Gasteiger partial charge in [-0.1, -0.05) is 12.1 Å². The van der Waals surface area contributed by atoms with Crippen LogP contribution in [-0.2, 0) is 19.4 Å². The Labute approximate surface area is 199 Å². The lowest BCUT2D eigenvalue weighted by atomic mass is 10.1. The number of nitrogens with one attached hydrogen (secondary N) is 1. The first-order chi connectivity index (χ1) is 14.1. The number of nitrogens with zero attached hydrogens (tertiary/aromatic N) is 3. The van der Waals surface area contributed by atoms with E-state index < -0.39 is 0 Å². The van der Waals surface area contributed by atoms with Gasteiger partial charge in [-0.15, -0.1) is 35.3 Å². The van der Waals surface area contributed by atoms with Crippen molar-refractivity contribution in [3.8, 4) is 5.75 Å². The predicted molar refractivity (Wildman–Crippen MR) is 133 cm³/mol. The number of hydrogen-bond donors (Lipinski definition) is 1. The Morgan fingerprint density at radius 1 is 1.23 bits per heavy atom. The van der Waals surface area contributed by atoms with Crippen LogP contribution in [0.25, 0.3) is 0 Å². The van der Waals surface area contributed by atoms with Gasteiger partial charge in [0.15, 0.2) is 5.96 Å². The Bertz CT molecular complexity index is 894. The summed E-state index contributed by atoms with van der Waals surface area (Å²) in [4.78, 5) is 11.5. The number of aromatic nitrogens is 1. The molecule has 0 aliphatic carbocycles. The highest BCUT2D eigenvalue weighted by molar-refractivity contribution is 14.0. The second kappa shape index (κ2) is 12.6. The van der Waals surface area contributed by atoms with Crippen LogP contribution >= 0.6 is 35.3 Å². The van der Waals surface area contributed by atoms with Gasteiger partial charge in [-0.2, -0.15) is 0 Å². The first-order valence-corrected chi connectivity index (χ1v) is 10.6. The maximum atomic E-state index is 5.41. The third kappa shape index (κ3) is 7.64. The number of rotatable bonds is 9. The topological polar surface area (TPSA) is 62.9 Å². The summed E-state index contributed by atoms with van der Waals surface area (Å²) in [5, 5.41) is 6.68. The average Bonchev–Trinajstić information content (AvgIpc) is 3.39. The highest BCUT2D eigenvalue weighted by atomic mass is 127. The number of guanidine groups is 1. The Kier molecular flexibility index (Phi) is 10.2. The molecule has 0 bridgehead atoms. The Balaban J connectivity index is 0.00000320. The molecular weight excluding hydrogens is 511 g/mol. The first-order valence-electron chi connectivity index (χ1n) is 9.70. The minimum atomic E-state index is 0. The van der Waals surface area contributed by atoms with E-state index in [1.807, 2.05) is 38.2 Å². The van der Waals surface area contributed by atoms with E-state index in [1.165, 1.54) is 5.56 Å². The van der Waals surface area contributed by atoms with Crippen LogP contribution in [0, 0.1) is 6.92 Å². The summed E-state index contributed by atoms with van der Waals surface area (Å²) in [6.45, 7) is 4.21. The smallest absolute Gasteiger partial charge is 0.194 e. The summed E-state index contributed by atoms with van der Waals surface area (Å²) in [5.74, 6) is 2.69. The lowest BCUT2D eigenvalue weighted by Gasteiger charge is -2.22. The van der Waals surface area contributed by atoms with Crippen LogP contribution < -0.4 is 10.1 Å². The van der Waals surface area contributed by atoms with Gasteiger partial charge in [0, 0.05) is 31.9 Å². The van der Waals surface area contributed by atoms with Gasteiger partial charge in [0.05, 0.1) is 30.6 Å². The molecule has 0 spiro atoms. The van der Waals surface area contributed by atoms with Crippen molar-refractivity contribution in [1.29, 1.82) is 0 Å². The van der Waals surface area contributed by atoms with Gasteiger partial charge in [-0.3, -0.25) is 4.99 Å². The van der Waals surface area contributed by atoms with Crippen molar-refractivity contribution in [1.82, 2.24) is 15.2 Å². The van der Waals surface area contributed by atoms with Crippen molar-refractivity contribution in [3.05, 3.63) is 70.1 Å². The van der Waals surface area contributed by atoms with Crippen LogP contribution in [0.15, 0.2) is 57.5 Å². The summed E-state index contributed by atoms with van der Waals surface area (Å²) in [5.41, 5.74) is 2.32. The monoisotopic (exact) mass is 540 g/mol. The second-order valence-corrected chi connectivity index (χ2v) is 7.84. The van der Waals surface area contributed by atoms with E-state index >= 15 is 0 Å². The molecule has 0 radical (unpaired) electrons. The van der Waals surface area contributed by atoms with E-state index in [4.69, 9.17) is 14.1 Å². The molecule has 8 heteroatoms. The molecule has 1 N–H and O–H groups in total. The molecule has 0 saturated carbocycles. The molecule has 2 aromatic heterocycles. The van der Waals surface area contributed by atoms with E-state index in [9.17, 15) is 0 Å². The fourth-order valence-corrected chi connectivity index (χ4v) is 3.55. The van der Waals surface area contributed by atoms with E-state index in [-0.39, 0.29) is 24.0 Å². The first kappa shape index (κ1) is 24.2. The summed E-state index contributed by atoms with van der Waals surface area (Å²) in [6, 6.07) is 12.1. The van der Waals surface area contributed by atoms with E-state index in [1.54, 1.807) is 24.7 Å². The molecule has 0 atom stereocenters. The van der Waals surface area contributed by atoms with Gasteiger partial charge in [-0.05, 0) is 43.2 Å². The van der Waals surface area contributed by atoms with Crippen molar-refractivity contribution in [2.45, 2.75) is 26.3 Å². The maximum Gasteiger partial charge on any atom is 0.194 e. The molecule has 2 heterocycles. The van der Waals surface area contributed by atoms with E-state index in [2.05, 4.69) is 32.7 Å². The molecule has 0 amide bonds. The number of furan rings is 1. The molecule has 1 aromatic carbocycles. The van der Waals surface area contributed by atoms with Crippen molar-refractivity contribution in [2.75, 3.05) is 27.2 Å². The van der Waals surface area contributed by atoms with Crippen LogP contribution in [0.1, 0.15) is 22.0 Å². The van der Waals surface area contributed by atoms with Crippen LogP contribution in [0.2, 0.25) is 0 Å². The highest BCUT2D eigenvalue weighted by Gasteiger charge is 2.09. The van der Waals surface area contributed by atoms with Gasteiger partial charge in [0.2, 0.25) is 0 Å². The molecule has 30 heavy (non-hydrogen) atoms. The number of halogens is 1. The zero-order valence-corrected chi connectivity index (χ0v) is 20.8. The average molecular weight is 540 g/mol. The highest BCUT2D eigenvalue weighted by Crippen LogP contribution is 2.12. The molecular formula is C22H29IN4O2S. The Hall–Kier alpha value is -2.07. The standard InChI is InChI=1S/C22H28N4O2S.HI/c1-17-25-19(16-29-17)15-26(2)22(24-13-11-21-5-4-14-28-21)23-12-10-18-6-8-20(27-3)9-7-18;/h4-9,14,16H,10-13,15H2,1-3H3,(H,23,24);1H. The van der Waals surface area contributed by atoms with Crippen molar-refractivity contribution in [3.63, 3.8) is 0 Å². The third-order valence-electron chi connectivity index (χ3n) is 4.48. The SMILES string of the molecule is COc1ccc(CCNC(=NCCc2ccco2)N(C)Cc2csc(C)n2)cc1.I. The molecule has 0 aliphatic heterocycles.